The Bertz CT molecular complexity index is 1210. The van der Waals surface area contributed by atoms with Gasteiger partial charge in [-0.25, -0.2) is 4.79 Å². The van der Waals surface area contributed by atoms with E-state index in [9.17, 15) is 19.7 Å². The summed E-state index contributed by atoms with van der Waals surface area (Å²) in [5.41, 5.74) is 0.975. The highest BCUT2D eigenvalue weighted by atomic mass is 16.6. The van der Waals surface area contributed by atoms with Gasteiger partial charge in [0, 0.05) is 12.1 Å². The molecule has 0 radical (unpaired) electrons. The standard InChI is InChI=1S/C25H24N2O8/c1-16(24(28)26-20-14-19(27(30)31)10-12-21(20)32-2)35-25(29)18-9-11-22(23(13-18)33-3)34-15-17-7-5-4-6-8-17/h4-14,16H,15H2,1-3H3,(H,26,28). The summed E-state index contributed by atoms with van der Waals surface area (Å²) in [6.45, 7) is 1.70. The van der Waals surface area contributed by atoms with E-state index >= 15 is 0 Å². The van der Waals surface area contributed by atoms with Crippen molar-refractivity contribution in [2.75, 3.05) is 19.5 Å². The molecule has 0 heterocycles. The van der Waals surface area contributed by atoms with Gasteiger partial charge < -0.3 is 24.3 Å². The van der Waals surface area contributed by atoms with Crippen molar-refractivity contribution in [3.8, 4) is 17.2 Å². The fourth-order valence-electron chi connectivity index (χ4n) is 3.07. The van der Waals surface area contributed by atoms with Crippen LogP contribution in [0.5, 0.6) is 17.2 Å². The Hall–Kier alpha value is -4.60. The van der Waals surface area contributed by atoms with Crippen LogP contribution in [-0.2, 0) is 16.1 Å². The topological polar surface area (TPSA) is 126 Å². The van der Waals surface area contributed by atoms with E-state index in [0.29, 0.717) is 18.1 Å². The molecular weight excluding hydrogens is 456 g/mol. The SMILES string of the molecule is COc1ccc([N+](=O)[O-])cc1NC(=O)C(C)OC(=O)c1ccc(OCc2ccccc2)c(OC)c1. The number of hydrogen-bond acceptors (Lipinski definition) is 8. The number of methoxy groups -OCH3 is 2. The van der Waals surface area contributed by atoms with Gasteiger partial charge in [0.05, 0.1) is 30.4 Å². The van der Waals surface area contributed by atoms with E-state index in [1.165, 1.54) is 45.4 Å². The van der Waals surface area contributed by atoms with Crippen LogP contribution in [0.3, 0.4) is 0 Å². The van der Waals surface area contributed by atoms with E-state index in [2.05, 4.69) is 5.32 Å². The molecule has 3 aromatic carbocycles. The Morgan fingerprint density at radius 3 is 2.29 bits per heavy atom. The highest BCUT2D eigenvalue weighted by Gasteiger charge is 2.22. The summed E-state index contributed by atoms with van der Waals surface area (Å²) in [5.74, 6) is -0.456. The largest absolute Gasteiger partial charge is 0.495 e. The van der Waals surface area contributed by atoms with Crippen molar-refractivity contribution < 1.29 is 33.5 Å². The van der Waals surface area contributed by atoms with Gasteiger partial charge in [-0.2, -0.15) is 0 Å². The van der Waals surface area contributed by atoms with Gasteiger partial charge in [-0.3, -0.25) is 14.9 Å². The van der Waals surface area contributed by atoms with Crippen molar-refractivity contribution in [3.05, 3.63) is 88.0 Å². The van der Waals surface area contributed by atoms with Crippen molar-refractivity contribution in [2.45, 2.75) is 19.6 Å². The zero-order valence-electron chi connectivity index (χ0n) is 19.3. The normalized spacial score (nSPS) is 11.2. The predicted molar refractivity (Wildman–Crippen MR) is 127 cm³/mol. The maximum absolute atomic E-state index is 12.6. The Labute approximate surface area is 201 Å². The van der Waals surface area contributed by atoms with E-state index in [-0.39, 0.29) is 22.7 Å². The summed E-state index contributed by atoms with van der Waals surface area (Å²) in [4.78, 5) is 35.6. The van der Waals surface area contributed by atoms with Crippen LogP contribution < -0.4 is 19.5 Å². The molecule has 3 rings (SSSR count). The first-order valence-electron chi connectivity index (χ1n) is 10.5. The lowest BCUT2D eigenvalue weighted by molar-refractivity contribution is -0.384. The van der Waals surface area contributed by atoms with Gasteiger partial charge in [-0.05, 0) is 36.8 Å². The van der Waals surface area contributed by atoms with Crippen LogP contribution in [0.4, 0.5) is 11.4 Å². The number of rotatable bonds is 10. The number of amides is 1. The van der Waals surface area contributed by atoms with Crippen molar-refractivity contribution in [2.24, 2.45) is 0 Å². The lowest BCUT2D eigenvalue weighted by Gasteiger charge is -2.16. The van der Waals surface area contributed by atoms with Crippen molar-refractivity contribution in [1.82, 2.24) is 0 Å². The Kier molecular flexibility index (Phi) is 8.23. The summed E-state index contributed by atoms with van der Waals surface area (Å²) < 4.78 is 21.5. The number of nitro benzene ring substituents is 1. The smallest absolute Gasteiger partial charge is 0.339 e. The summed E-state index contributed by atoms with van der Waals surface area (Å²) >= 11 is 0. The third-order valence-electron chi connectivity index (χ3n) is 4.94. The number of anilines is 1. The van der Waals surface area contributed by atoms with Gasteiger partial charge in [-0.1, -0.05) is 30.3 Å². The number of non-ortho nitro benzene ring substituents is 1. The number of carbonyl (C=O) groups is 2. The Balaban J connectivity index is 1.66. The Morgan fingerprint density at radius 2 is 1.63 bits per heavy atom. The highest BCUT2D eigenvalue weighted by Crippen LogP contribution is 2.30. The number of hydrogen-bond donors (Lipinski definition) is 1. The number of carbonyl (C=O) groups excluding carboxylic acids is 2. The van der Waals surface area contributed by atoms with Gasteiger partial charge in [0.15, 0.2) is 17.6 Å². The zero-order chi connectivity index (χ0) is 25.4. The summed E-state index contributed by atoms with van der Waals surface area (Å²) in [6.07, 6.45) is -1.20. The first-order valence-corrected chi connectivity index (χ1v) is 10.5. The van der Waals surface area contributed by atoms with E-state index in [1.54, 1.807) is 6.07 Å². The number of nitrogens with zero attached hydrogens (tertiary/aromatic N) is 1. The molecule has 0 aromatic heterocycles. The minimum absolute atomic E-state index is 0.0798. The van der Waals surface area contributed by atoms with Crippen LogP contribution in [0.15, 0.2) is 66.7 Å². The second kappa shape index (κ2) is 11.5. The van der Waals surface area contributed by atoms with Crippen LogP contribution in [0.2, 0.25) is 0 Å². The molecule has 0 bridgehead atoms. The number of ether oxygens (including phenoxy) is 4. The van der Waals surface area contributed by atoms with Crippen molar-refractivity contribution >= 4 is 23.3 Å². The molecule has 0 aliphatic rings. The second-order valence-electron chi connectivity index (χ2n) is 7.32. The molecule has 0 saturated heterocycles. The molecule has 1 amide bonds. The van der Waals surface area contributed by atoms with Crippen LogP contribution in [0.25, 0.3) is 0 Å². The van der Waals surface area contributed by atoms with Gasteiger partial charge in [-0.15, -0.1) is 0 Å². The quantitative estimate of drug-likeness (QED) is 0.257. The molecule has 0 saturated carbocycles. The zero-order valence-corrected chi connectivity index (χ0v) is 19.3. The van der Waals surface area contributed by atoms with Gasteiger partial charge in [0.2, 0.25) is 0 Å². The molecule has 0 fully saturated rings. The molecule has 35 heavy (non-hydrogen) atoms. The fraction of sp³-hybridized carbons (Fsp3) is 0.200. The number of benzene rings is 3. The molecule has 10 nitrogen and oxygen atoms in total. The van der Waals surface area contributed by atoms with E-state index in [0.717, 1.165) is 11.6 Å². The van der Waals surface area contributed by atoms with Crippen LogP contribution in [-0.4, -0.2) is 37.1 Å². The number of nitrogens with one attached hydrogen (secondary N) is 1. The summed E-state index contributed by atoms with van der Waals surface area (Å²) in [5, 5.41) is 13.5. The average molecular weight is 480 g/mol. The van der Waals surface area contributed by atoms with Crippen LogP contribution in [0.1, 0.15) is 22.8 Å². The molecule has 1 unspecified atom stereocenters. The first kappa shape index (κ1) is 25.0. The molecule has 0 aliphatic heterocycles. The predicted octanol–water partition coefficient (Wildman–Crippen LogP) is 4.38. The third kappa shape index (κ3) is 6.47. The molecule has 0 aliphatic carbocycles. The summed E-state index contributed by atoms with van der Waals surface area (Å²) in [7, 11) is 2.81. The molecule has 3 aromatic rings. The molecule has 1 atom stereocenters. The average Bonchev–Trinajstić information content (AvgIpc) is 2.87. The lowest BCUT2D eigenvalue weighted by Crippen LogP contribution is -2.30. The van der Waals surface area contributed by atoms with E-state index in [4.69, 9.17) is 18.9 Å². The van der Waals surface area contributed by atoms with Gasteiger partial charge >= 0.3 is 5.97 Å². The first-order chi connectivity index (χ1) is 16.8. The molecule has 0 spiro atoms. The van der Waals surface area contributed by atoms with Crippen LogP contribution in [0, 0.1) is 10.1 Å². The summed E-state index contributed by atoms with van der Waals surface area (Å²) in [6, 6.07) is 17.9. The maximum Gasteiger partial charge on any atom is 0.339 e. The highest BCUT2D eigenvalue weighted by molar-refractivity contribution is 5.98. The monoisotopic (exact) mass is 480 g/mol. The minimum atomic E-state index is -1.20. The van der Waals surface area contributed by atoms with Gasteiger partial charge in [0.1, 0.15) is 12.4 Å². The molecular formula is C25H24N2O8. The van der Waals surface area contributed by atoms with Gasteiger partial charge in [0.25, 0.3) is 11.6 Å². The molecule has 10 heteroatoms. The third-order valence-corrected chi connectivity index (χ3v) is 4.94. The second-order valence-corrected chi connectivity index (χ2v) is 7.32. The minimum Gasteiger partial charge on any atom is -0.495 e. The van der Waals surface area contributed by atoms with Crippen molar-refractivity contribution in [3.63, 3.8) is 0 Å². The number of esters is 1. The molecule has 1 N–H and O–H groups in total. The molecule has 182 valence electrons. The lowest BCUT2D eigenvalue weighted by atomic mass is 10.2. The van der Waals surface area contributed by atoms with E-state index in [1.807, 2.05) is 30.3 Å². The van der Waals surface area contributed by atoms with Crippen molar-refractivity contribution in [1.29, 1.82) is 0 Å². The Morgan fingerprint density at radius 1 is 0.943 bits per heavy atom. The maximum atomic E-state index is 12.6. The van der Waals surface area contributed by atoms with Crippen LogP contribution >= 0.6 is 0 Å². The fourth-order valence-corrected chi connectivity index (χ4v) is 3.07. The van der Waals surface area contributed by atoms with E-state index < -0.39 is 22.9 Å². The number of nitro groups is 1.